The van der Waals surface area contributed by atoms with Crippen LogP contribution in [0.1, 0.15) is 35.8 Å². The minimum atomic E-state index is -0.610. The quantitative estimate of drug-likeness (QED) is 0.855. The first-order valence-electron chi connectivity index (χ1n) is 7.25. The van der Waals surface area contributed by atoms with Crippen molar-refractivity contribution in [2.24, 2.45) is 0 Å². The van der Waals surface area contributed by atoms with Crippen LogP contribution in [0.4, 0.5) is 0 Å². The molecule has 21 heavy (non-hydrogen) atoms. The minimum absolute atomic E-state index is 0.256. The van der Waals surface area contributed by atoms with Gasteiger partial charge in [-0.3, -0.25) is 0 Å². The van der Waals surface area contributed by atoms with E-state index in [9.17, 15) is 5.11 Å². The molecule has 0 aliphatic carbocycles. The van der Waals surface area contributed by atoms with E-state index in [-0.39, 0.29) is 6.61 Å². The van der Waals surface area contributed by atoms with Crippen molar-refractivity contribution in [1.29, 1.82) is 0 Å². The summed E-state index contributed by atoms with van der Waals surface area (Å²) in [5.41, 5.74) is 3.18. The molecule has 0 aliphatic heterocycles. The van der Waals surface area contributed by atoms with Gasteiger partial charge in [0.05, 0.1) is 0 Å². The van der Waals surface area contributed by atoms with Crippen LogP contribution in [0.2, 0.25) is 0 Å². The summed E-state index contributed by atoms with van der Waals surface area (Å²) in [5.74, 6) is 0.817. The average Bonchev–Trinajstić information content (AvgIpc) is 2.53. The van der Waals surface area contributed by atoms with Crippen LogP contribution in [-0.2, 0) is 0 Å². The third-order valence-corrected chi connectivity index (χ3v) is 3.71. The average molecular weight is 285 g/mol. The molecule has 2 aromatic rings. The lowest BCUT2D eigenvalue weighted by molar-refractivity contribution is 0.108. The molecule has 0 fully saturated rings. The van der Waals surface area contributed by atoms with Crippen molar-refractivity contribution >= 4 is 0 Å². The molecule has 0 radical (unpaired) electrons. The van der Waals surface area contributed by atoms with E-state index in [1.165, 1.54) is 5.56 Å². The monoisotopic (exact) mass is 285 g/mol. The first kappa shape index (κ1) is 15.5. The molecule has 2 unspecified atom stereocenters. The molecular weight excluding hydrogens is 262 g/mol. The lowest BCUT2D eigenvalue weighted by Gasteiger charge is -2.16. The van der Waals surface area contributed by atoms with Crippen LogP contribution in [0.3, 0.4) is 0 Å². The molecule has 0 spiro atoms. The third-order valence-electron chi connectivity index (χ3n) is 3.71. The van der Waals surface area contributed by atoms with Gasteiger partial charge in [0.2, 0.25) is 0 Å². The summed E-state index contributed by atoms with van der Waals surface area (Å²) in [6.07, 6.45) is -0.610. The van der Waals surface area contributed by atoms with Gasteiger partial charge < -0.3 is 15.2 Å². The first-order chi connectivity index (χ1) is 10.1. The second-order valence-electron chi connectivity index (χ2n) is 5.27. The predicted molar refractivity (Wildman–Crippen MR) is 85.6 cm³/mol. The summed E-state index contributed by atoms with van der Waals surface area (Å²) in [6, 6.07) is 16.0. The fourth-order valence-electron chi connectivity index (χ4n) is 2.21. The summed E-state index contributed by atoms with van der Waals surface area (Å²) in [5, 5.41) is 13.3. The molecular formula is C18H23NO2. The molecule has 0 heterocycles. The zero-order valence-corrected chi connectivity index (χ0v) is 12.8. The molecule has 2 N–H and O–H groups in total. The van der Waals surface area contributed by atoms with E-state index in [4.69, 9.17) is 4.74 Å². The Morgan fingerprint density at radius 2 is 1.81 bits per heavy atom. The second-order valence-corrected chi connectivity index (χ2v) is 5.27. The summed E-state index contributed by atoms with van der Waals surface area (Å²) in [7, 11) is 1.95. The van der Waals surface area contributed by atoms with Crippen molar-refractivity contribution < 1.29 is 9.84 Å². The Hall–Kier alpha value is -1.84. The van der Waals surface area contributed by atoms with Gasteiger partial charge in [0.15, 0.2) is 0 Å². The largest absolute Gasteiger partial charge is 0.490 e. The Labute approximate surface area is 126 Å². The number of rotatable bonds is 6. The van der Waals surface area contributed by atoms with Gasteiger partial charge in [-0.15, -0.1) is 0 Å². The lowest BCUT2D eigenvalue weighted by Crippen LogP contribution is -2.13. The Kier molecular flexibility index (Phi) is 5.37. The van der Waals surface area contributed by atoms with Gasteiger partial charge in [0.1, 0.15) is 18.5 Å². The topological polar surface area (TPSA) is 41.5 Å². The van der Waals surface area contributed by atoms with Gasteiger partial charge in [-0.2, -0.15) is 0 Å². The zero-order chi connectivity index (χ0) is 15.2. The molecule has 2 aromatic carbocycles. The smallest absolute Gasteiger partial charge is 0.122 e. The van der Waals surface area contributed by atoms with E-state index >= 15 is 0 Å². The highest BCUT2D eigenvalue weighted by Crippen LogP contribution is 2.24. The van der Waals surface area contributed by atoms with E-state index in [0.717, 1.165) is 16.9 Å². The molecule has 3 nitrogen and oxygen atoms in total. The molecule has 0 amide bonds. The third kappa shape index (κ3) is 4.06. The molecule has 112 valence electrons. The van der Waals surface area contributed by atoms with E-state index in [1.54, 1.807) is 0 Å². The standard InChI is InChI=1S/C18H23NO2/c1-13-11-16(14(2)19-3)9-10-18(13)21-12-17(20)15-7-5-4-6-8-15/h4-11,14,17,19-20H,12H2,1-3H3. The minimum Gasteiger partial charge on any atom is -0.490 e. The Balaban J connectivity index is 2.00. The highest BCUT2D eigenvalue weighted by molar-refractivity contribution is 5.37. The molecule has 0 bridgehead atoms. The highest BCUT2D eigenvalue weighted by Gasteiger charge is 2.10. The first-order valence-corrected chi connectivity index (χ1v) is 7.25. The van der Waals surface area contributed by atoms with Crippen LogP contribution in [0, 0.1) is 6.92 Å². The van der Waals surface area contributed by atoms with Crippen LogP contribution in [0.25, 0.3) is 0 Å². The SMILES string of the molecule is CNC(C)c1ccc(OCC(O)c2ccccc2)c(C)c1. The number of aryl methyl sites for hydroxylation is 1. The van der Waals surface area contributed by atoms with Gasteiger partial charge in [0.25, 0.3) is 0 Å². The maximum atomic E-state index is 10.1. The molecule has 3 heteroatoms. The van der Waals surface area contributed by atoms with Crippen LogP contribution in [0.5, 0.6) is 5.75 Å². The molecule has 2 atom stereocenters. The summed E-state index contributed by atoms with van der Waals surface area (Å²) in [6.45, 7) is 4.40. The van der Waals surface area contributed by atoms with Gasteiger partial charge in [-0.1, -0.05) is 42.5 Å². The number of aliphatic hydroxyl groups is 1. The molecule has 0 aliphatic rings. The van der Waals surface area contributed by atoms with E-state index in [1.807, 2.05) is 50.4 Å². The number of nitrogens with one attached hydrogen (secondary N) is 1. The van der Waals surface area contributed by atoms with Gasteiger partial charge in [-0.05, 0) is 43.7 Å². The Morgan fingerprint density at radius 1 is 1.10 bits per heavy atom. The number of benzene rings is 2. The Bertz CT molecular complexity index is 569. The second kappa shape index (κ2) is 7.25. The van der Waals surface area contributed by atoms with Gasteiger partial charge in [0, 0.05) is 6.04 Å². The fourth-order valence-corrected chi connectivity index (χ4v) is 2.21. The van der Waals surface area contributed by atoms with Crippen molar-refractivity contribution in [3.8, 4) is 5.75 Å². The van der Waals surface area contributed by atoms with Gasteiger partial charge in [-0.25, -0.2) is 0 Å². The van der Waals surface area contributed by atoms with E-state index in [0.29, 0.717) is 6.04 Å². The van der Waals surface area contributed by atoms with Crippen molar-refractivity contribution in [1.82, 2.24) is 5.32 Å². The van der Waals surface area contributed by atoms with Crippen LogP contribution >= 0.6 is 0 Å². The maximum absolute atomic E-state index is 10.1. The van der Waals surface area contributed by atoms with E-state index in [2.05, 4.69) is 24.4 Å². The zero-order valence-electron chi connectivity index (χ0n) is 12.8. The van der Waals surface area contributed by atoms with Gasteiger partial charge >= 0.3 is 0 Å². The van der Waals surface area contributed by atoms with Crippen LogP contribution in [-0.4, -0.2) is 18.8 Å². The van der Waals surface area contributed by atoms with Crippen molar-refractivity contribution in [3.05, 3.63) is 65.2 Å². The summed E-state index contributed by atoms with van der Waals surface area (Å²) in [4.78, 5) is 0. The maximum Gasteiger partial charge on any atom is 0.122 e. The predicted octanol–water partition coefficient (Wildman–Crippen LogP) is 3.39. The Morgan fingerprint density at radius 3 is 2.43 bits per heavy atom. The number of ether oxygens (including phenoxy) is 1. The molecule has 0 aromatic heterocycles. The molecule has 0 saturated heterocycles. The number of hydrogen-bond acceptors (Lipinski definition) is 3. The summed E-state index contributed by atoms with van der Waals surface area (Å²) < 4.78 is 5.75. The van der Waals surface area contributed by atoms with Crippen molar-refractivity contribution in [2.75, 3.05) is 13.7 Å². The van der Waals surface area contributed by atoms with Crippen molar-refractivity contribution in [3.63, 3.8) is 0 Å². The van der Waals surface area contributed by atoms with E-state index < -0.39 is 6.10 Å². The number of aliphatic hydroxyl groups excluding tert-OH is 1. The molecule has 0 saturated carbocycles. The summed E-state index contributed by atoms with van der Waals surface area (Å²) >= 11 is 0. The normalized spacial score (nSPS) is 13.7. The number of hydrogen-bond donors (Lipinski definition) is 2. The molecule has 2 rings (SSSR count). The van der Waals surface area contributed by atoms with Crippen molar-refractivity contribution in [2.45, 2.75) is 26.0 Å². The lowest BCUT2D eigenvalue weighted by atomic mass is 10.1. The van der Waals surface area contributed by atoms with Crippen LogP contribution in [0.15, 0.2) is 48.5 Å². The highest BCUT2D eigenvalue weighted by atomic mass is 16.5. The fraction of sp³-hybridized carbons (Fsp3) is 0.333. The van der Waals surface area contributed by atoms with Crippen LogP contribution < -0.4 is 10.1 Å².